The van der Waals surface area contributed by atoms with Gasteiger partial charge in [-0.1, -0.05) is 24.3 Å². The lowest BCUT2D eigenvalue weighted by Gasteiger charge is -1.95. The summed E-state index contributed by atoms with van der Waals surface area (Å²) in [6, 6.07) is 13.7. The Morgan fingerprint density at radius 2 is 1.86 bits per heavy atom. The van der Waals surface area contributed by atoms with Gasteiger partial charge in [0.05, 0.1) is 9.80 Å². The van der Waals surface area contributed by atoms with Crippen LogP contribution in [-0.2, 0) is 0 Å². The lowest BCUT2D eigenvalue weighted by atomic mass is 10.2. The molecule has 0 bridgehead atoms. The number of para-hydroxylation sites is 2. The summed E-state index contributed by atoms with van der Waals surface area (Å²) in [6.45, 7) is 0. The van der Waals surface area contributed by atoms with Crippen LogP contribution in [-0.4, -0.2) is 16.2 Å². The second kappa shape index (κ2) is 5.34. The Kier molecular flexibility index (Phi) is 3.37. The maximum Gasteiger partial charge on any atom is 0.294 e. The summed E-state index contributed by atoms with van der Waals surface area (Å²) in [7, 11) is 0. The van der Waals surface area contributed by atoms with Gasteiger partial charge in [-0.3, -0.25) is 10.1 Å². The minimum atomic E-state index is -0.475. The number of hydrogen-bond acceptors (Lipinski definition) is 5. The molecule has 6 heteroatoms. The highest BCUT2D eigenvalue weighted by Crippen LogP contribution is 2.36. The summed E-state index contributed by atoms with van der Waals surface area (Å²) in [5.41, 5.74) is 0.203. The van der Waals surface area contributed by atoms with Gasteiger partial charge in [0.2, 0.25) is 0 Å². The molecule has 0 aliphatic carbocycles. The lowest BCUT2D eigenvalue weighted by molar-refractivity contribution is -0.384. The van der Waals surface area contributed by atoms with E-state index in [-0.39, 0.29) is 17.1 Å². The van der Waals surface area contributed by atoms with Crippen LogP contribution in [0.5, 0.6) is 5.75 Å². The van der Waals surface area contributed by atoms with Gasteiger partial charge in [-0.2, -0.15) is 0 Å². The van der Waals surface area contributed by atoms with Crippen LogP contribution in [0.4, 0.5) is 11.4 Å². The molecule has 0 amide bonds. The van der Waals surface area contributed by atoms with Gasteiger partial charge in [0, 0.05) is 22.4 Å². The normalized spacial score (nSPS) is 11.2. The van der Waals surface area contributed by atoms with Crippen LogP contribution in [0.3, 0.4) is 0 Å². The molecule has 0 radical (unpaired) electrons. The minimum absolute atomic E-state index is 0.0608. The smallest absolute Gasteiger partial charge is 0.294 e. The second-order valence-corrected chi connectivity index (χ2v) is 5.40. The summed E-state index contributed by atoms with van der Waals surface area (Å²) in [5, 5.41) is 21.8. The average Bonchev–Trinajstić information content (AvgIpc) is 2.82. The molecule has 1 N–H and O–H groups in total. The summed E-state index contributed by atoms with van der Waals surface area (Å²) >= 11 is 1.39. The van der Waals surface area contributed by atoms with Crippen LogP contribution >= 0.6 is 11.3 Å². The first-order chi connectivity index (χ1) is 10.2. The van der Waals surface area contributed by atoms with Crippen molar-refractivity contribution in [1.82, 2.24) is 0 Å². The summed E-state index contributed by atoms with van der Waals surface area (Å²) < 4.78 is 0.944. The van der Waals surface area contributed by atoms with E-state index in [0.717, 1.165) is 10.1 Å². The topological polar surface area (TPSA) is 75.7 Å². The van der Waals surface area contributed by atoms with E-state index in [1.54, 1.807) is 18.2 Å². The first-order valence-electron chi connectivity index (χ1n) is 6.15. The highest BCUT2D eigenvalue weighted by molar-refractivity contribution is 7.21. The Hall–Kier alpha value is -2.73. The van der Waals surface area contributed by atoms with Crippen LogP contribution in [0.1, 0.15) is 4.88 Å². The number of nitro benzene ring substituents is 1. The van der Waals surface area contributed by atoms with Crippen LogP contribution in [0.25, 0.3) is 10.1 Å². The lowest BCUT2D eigenvalue weighted by Crippen LogP contribution is -1.87. The van der Waals surface area contributed by atoms with Crippen LogP contribution in [0.2, 0.25) is 0 Å². The standard InChI is InChI=1S/C15H10N2O3S/c18-15-10-5-1-4-8-13(10)21-14(15)9-16-11-6-2-3-7-12(11)17(19)20/h1-9,18H. The van der Waals surface area contributed by atoms with E-state index in [1.807, 2.05) is 24.3 Å². The maximum absolute atomic E-state index is 10.9. The third-order valence-electron chi connectivity index (χ3n) is 2.99. The van der Waals surface area contributed by atoms with Crippen LogP contribution < -0.4 is 0 Å². The highest BCUT2D eigenvalue weighted by atomic mass is 32.1. The summed E-state index contributed by atoms with van der Waals surface area (Å²) in [6.07, 6.45) is 1.46. The first-order valence-corrected chi connectivity index (χ1v) is 6.96. The molecule has 1 aromatic heterocycles. The molecule has 0 fully saturated rings. The summed E-state index contributed by atoms with van der Waals surface area (Å²) in [4.78, 5) is 15.2. The van der Waals surface area contributed by atoms with Gasteiger partial charge in [-0.25, -0.2) is 4.99 Å². The summed E-state index contributed by atoms with van der Waals surface area (Å²) in [5.74, 6) is 0.151. The number of benzene rings is 2. The Morgan fingerprint density at radius 1 is 1.14 bits per heavy atom. The number of hydrogen-bond donors (Lipinski definition) is 1. The fourth-order valence-electron chi connectivity index (χ4n) is 1.99. The molecule has 3 aromatic rings. The van der Waals surface area contributed by atoms with Gasteiger partial charge >= 0.3 is 0 Å². The predicted octanol–water partition coefficient (Wildman–Crippen LogP) is 4.27. The Balaban J connectivity index is 2.02. The largest absolute Gasteiger partial charge is 0.506 e. The van der Waals surface area contributed by atoms with Crippen molar-refractivity contribution in [3.05, 3.63) is 63.5 Å². The van der Waals surface area contributed by atoms with E-state index in [9.17, 15) is 15.2 Å². The van der Waals surface area contributed by atoms with E-state index in [0.29, 0.717) is 4.88 Å². The Bertz CT molecular complexity index is 855. The molecule has 0 unspecified atom stereocenters. The number of rotatable bonds is 3. The van der Waals surface area contributed by atoms with Gasteiger partial charge in [-0.15, -0.1) is 11.3 Å². The van der Waals surface area contributed by atoms with Crippen molar-refractivity contribution in [2.45, 2.75) is 0 Å². The van der Waals surface area contributed by atoms with E-state index in [2.05, 4.69) is 4.99 Å². The molecular weight excluding hydrogens is 288 g/mol. The first kappa shape index (κ1) is 13.3. The third kappa shape index (κ3) is 2.48. The van der Waals surface area contributed by atoms with Crippen molar-refractivity contribution < 1.29 is 10.0 Å². The maximum atomic E-state index is 10.9. The number of aliphatic imine (C=N–C) groups is 1. The molecule has 2 aromatic carbocycles. The molecule has 0 aliphatic heterocycles. The minimum Gasteiger partial charge on any atom is -0.506 e. The van der Waals surface area contributed by atoms with Gasteiger partial charge in [-0.05, 0) is 18.2 Å². The molecule has 0 spiro atoms. The van der Waals surface area contributed by atoms with E-state index in [4.69, 9.17) is 0 Å². The molecule has 104 valence electrons. The van der Waals surface area contributed by atoms with Crippen LogP contribution in [0.15, 0.2) is 53.5 Å². The Morgan fingerprint density at radius 3 is 2.62 bits per heavy atom. The van der Waals surface area contributed by atoms with Crippen LogP contribution in [0, 0.1) is 10.1 Å². The molecule has 0 saturated carbocycles. The van der Waals surface area contributed by atoms with E-state index < -0.39 is 4.92 Å². The fourth-order valence-corrected chi connectivity index (χ4v) is 2.96. The number of aromatic hydroxyl groups is 1. The highest BCUT2D eigenvalue weighted by Gasteiger charge is 2.12. The Labute approximate surface area is 124 Å². The van der Waals surface area contributed by atoms with Crippen molar-refractivity contribution in [3.8, 4) is 5.75 Å². The third-order valence-corrected chi connectivity index (χ3v) is 4.09. The van der Waals surface area contributed by atoms with Gasteiger partial charge in [0.25, 0.3) is 5.69 Å². The second-order valence-electron chi connectivity index (χ2n) is 4.32. The van der Waals surface area contributed by atoms with Crippen molar-refractivity contribution in [3.63, 3.8) is 0 Å². The molecule has 0 aliphatic rings. The van der Waals surface area contributed by atoms with Gasteiger partial charge in [0.1, 0.15) is 11.4 Å². The molecule has 3 rings (SSSR count). The molecule has 0 atom stereocenters. The quantitative estimate of drug-likeness (QED) is 0.446. The molecule has 1 heterocycles. The van der Waals surface area contributed by atoms with Crippen molar-refractivity contribution in [1.29, 1.82) is 0 Å². The number of nitrogens with zero attached hydrogens (tertiary/aromatic N) is 2. The van der Waals surface area contributed by atoms with Gasteiger partial charge < -0.3 is 5.11 Å². The zero-order valence-corrected chi connectivity index (χ0v) is 11.6. The zero-order chi connectivity index (χ0) is 14.8. The van der Waals surface area contributed by atoms with E-state index >= 15 is 0 Å². The average molecular weight is 298 g/mol. The van der Waals surface area contributed by atoms with Crippen molar-refractivity contribution in [2.75, 3.05) is 0 Å². The van der Waals surface area contributed by atoms with E-state index in [1.165, 1.54) is 23.6 Å². The molecular formula is C15H10N2O3S. The molecule has 0 saturated heterocycles. The van der Waals surface area contributed by atoms with Crippen molar-refractivity contribution in [2.24, 2.45) is 4.99 Å². The van der Waals surface area contributed by atoms with Crippen molar-refractivity contribution >= 4 is 39.0 Å². The number of fused-ring (bicyclic) bond motifs is 1. The zero-order valence-electron chi connectivity index (χ0n) is 10.8. The molecule has 21 heavy (non-hydrogen) atoms. The SMILES string of the molecule is O=[N+]([O-])c1ccccc1N=Cc1sc2ccccc2c1O. The number of thiophene rings is 1. The predicted molar refractivity (Wildman–Crippen MR) is 83.8 cm³/mol. The number of nitro groups is 1. The monoisotopic (exact) mass is 298 g/mol. The fraction of sp³-hybridized carbons (Fsp3) is 0. The molecule has 5 nitrogen and oxygen atoms in total. The van der Waals surface area contributed by atoms with Gasteiger partial charge in [0.15, 0.2) is 0 Å².